The van der Waals surface area contributed by atoms with Gasteiger partial charge in [0.2, 0.25) is 0 Å². The van der Waals surface area contributed by atoms with Crippen molar-refractivity contribution in [3.63, 3.8) is 0 Å². The molecule has 0 fully saturated rings. The molecule has 1 aromatic carbocycles. The summed E-state index contributed by atoms with van der Waals surface area (Å²) in [6, 6.07) is 6.82. The van der Waals surface area contributed by atoms with Gasteiger partial charge in [0.25, 0.3) is 11.8 Å². The zero-order valence-corrected chi connectivity index (χ0v) is 12.0. The second-order valence-corrected chi connectivity index (χ2v) is 4.47. The zero-order chi connectivity index (χ0) is 14.1. The van der Waals surface area contributed by atoms with Gasteiger partial charge < -0.3 is 10.1 Å². The number of benzene rings is 1. The lowest BCUT2D eigenvalue weighted by molar-refractivity contribution is -0.133. The van der Waals surface area contributed by atoms with E-state index in [0.29, 0.717) is 12.2 Å². The number of halogens is 1. The highest BCUT2D eigenvalue weighted by molar-refractivity contribution is 9.10. The van der Waals surface area contributed by atoms with Gasteiger partial charge in [0.05, 0.1) is 19.8 Å². The Hall–Kier alpha value is -1.44. The van der Waals surface area contributed by atoms with E-state index in [1.165, 1.54) is 7.11 Å². The van der Waals surface area contributed by atoms with Crippen molar-refractivity contribution in [2.24, 2.45) is 0 Å². The van der Waals surface area contributed by atoms with Crippen molar-refractivity contribution in [1.82, 2.24) is 10.8 Å². The van der Waals surface area contributed by atoms with Crippen LogP contribution >= 0.6 is 15.9 Å². The third-order valence-electron chi connectivity index (χ3n) is 2.09. The van der Waals surface area contributed by atoms with E-state index in [0.717, 1.165) is 4.47 Å². The number of ether oxygens (including phenoxy) is 1. The van der Waals surface area contributed by atoms with Crippen LogP contribution in [0.1, 0.15) is 10.4 Å². The third kappa shape index (κ3) is 6.32. The minimum absolute atomic E-state index is 0.151. The van der Waals surface area contributed by atoms with E-state index in [9.17, 15) is 9.59 Å². The molecule has 0 aromatic heterocycles. The number of methoxy groups -OCH3 is 1. The summed E-state index contributed by atoms with van der Waals surface area (Å²) in [5.41, 5.74) is 2.67. The van der Waals surface area contributed by atoms with Gasteiger partial charge in [-0.25, -0.2) is 5.48 Å². The predicted octanol–water partition coefficient (Wildman–Crippen LogP) is 0.873. The summed E-state index contributed by atoms with van der Waals surface area (Å²) in [4.78, 5) is 27.8. The molecule has 104 valence electrons. The molecule has 0 radical (unpaired) electrons. The first-order valence-electron chi connectivity index (χ1n) is 5.57. The fraction of sp³-hybridized carbons (Fsp3) is 0.333. The van der Waals surface area contributed by atoms with Crippen LogP contribution in [0.4, 0.5) is 0 Å². The number of carbonyl (C=O) groups excluding carboxylic acids is 2. The molecule has 2 amide bonds. The van der Waals surface area contributed by atoms with E-state index in [-0.39, 0.29) is 19.1 Å². The number of amides is 2. The number of hydrogen-bond donors (Lipinski definition) is 2. The molecule has 0 atom stereocenters. The van der Waals surface area contributed by atoms with Crippen molar-refractivity contribution in [2.75, 3.05) is 26.9 Å². The molecule has 6 nitrogen and oxygen atoms in total. The van der Waals surface area contributed by atoms with Gasteiger partial charge >= 0.3 is 0 Å². The Kier molecular flexibility index (Phi) is 7.09. The van der Waals surface area contributed by atoms with Crippen LogP contribution in [0.3, 0.4) is 0 Å². The predicted molar refractivity (Wildman–Crippen MR) is 72.4 cm³/mol. The summed E-state index contributed by atoms with van der Waals surface area (Å²) >= 11 is 3.28. The molecule has 0 aliphatic carbocycles. The van der Waals surface area contributed by atoms with Crippen LogP contribution in [0.5, 0.6) is 0 Å². The molecule has 1 aromatic rings. The smallest absolute Gasteiger partial charge is 0.262 e. The maximum absolute atomic E-state index is 11.7. The van der Waals surface area contributed by atoms with Crippen molar-refractivity contribution < 1.29 is 19.2 Å². The Morgan fingerprint density at radius 1 is 1.21 bits per heavy atom. The van der Waals surface area contributed by atoms with Crippen LogP contribution in [0, 0.1) is 0 Å². The van der Waals surface area contributed by atoms with Gasteiger partial charge in [-0.15, -0.1) is 0 Å². The molecule has 1 rings (SSSR count). The van der Waals surface area contributed by atoms with Crippen molar-refractivity contribution in [2.45, 2.75) is 0 Å². The highest BCUT2D eigenvalue weighted by Crippen LogP contribution is 2.10. The molecule has 0 bridgehead atoms. The topological polar surface area (TPSA) is 76.7 Å². The lowest BCUT2D eigenvalue weighted by Gasteiger charge is -2.07. The molecule has 0 unspecified atom stereocenters. The van der Waals surface area contributed by atoms with Crippen LogP contribution in [-0.4, -0.2) is 38.7 Å². The largest absolute Gasteiger partial charge is 0.382 e. The average molecular weight is 331 g/mol. The van der Waals surface area contributed by atoms with Crippen LogP contribution in [0.25, 0.3) is 0 Å². The minimum atomic E-state index is -0.429. The highest BCUT2D eigenvalue weighted by Gasteiger charge is 2.07. The summed E-state index contributed by atoms with van der Waals surface area (Å²) in [6.45, 7) is 0.482. The van der Waals surface area contributed by atoms with E-state index < -0.39 is 5.91 Å². The zero-order valence-electron chi connectivity index (χ0n) is 10.4. The van der Waals surface area contributed by atoms with E-state index in [1.807, 2.05) is 0 Å². The Morgan fingerprint density at radius 2 is 1.89 bits per heavy atom. The maximum atomic E-state index is 11.7. The molecule has 2 N–H and O–H groups in total. The Bertz CT molecular complexity index is 422. The maximum Gasteiger partial charge on any atom is 0.262 e. The Morgan fingerprint density at radius 3 is 2.53 bits per heavy atom. The first-order valence-corrected chi connectivity index (χ1v) is 6.36. The Balaban J connectivity index is 2.26. The van der Waals surface area contributed by atoms with E-state index in [1.54, 1.807) is 24.3 Å². The highest BCUT2D eigenvalue weighted by atomic mass is 79.9. The Labute approximate surface area is 119 Å². The molecule has 7 heteroatoms. The van der Waals surface area contributed by atoms with Crippen LogP contribution in [-0.2, 0) is 14.4 Å². The summed E-state index contributed by atoms with van der Waals surface area (Å²) in [5, 5.41) is 2.48. The van der Waals surface area contributed by atoms with Gasteiger partial charge in [-0.05, 0) is 24.3 Å². The van der Waals surface area contributed by atoms with Crippen LogP contribution < -0.4 is 10.8 Å². The second-order valence-electron chi connectivity index (χ2n) is 3.56. The SMILES string of the molecule is COCCONC(=O)CNC(=O)c1ccc(Br)cc1. The molecular formula is C12H15BrN2O4. The molecule has 0 aliphatic rings. The number of hydroxylamine groups is 1. The van der Waals surface area contributed by atoms with Gasteiger partial charge in [0.1, 0.15) is 0 Å². The first-order chi connectivity index (χ1) is 9.13. The lowest BCUT2D eigenvalue weighted by Crippen LogP contribution is -2.37. The molecule has 0 spiro atoms. The molecule has 0 saturated heterocycles. The normalized spacial score (nSPS) is 10.0. The van der Waals surface area contributed by atoms with Gasteiger partial charge in [0, 0.05) is 17.1 Å². The summed E-state index contributed by atoms with van der Waals surface area (Å²) in [7, 11) is 1.53. The molecular weight excluding hydrogens is 316 g/mol. The van der Waals surface area contributed by atoms with E-state index in [4.69, 9.17) is 9.57 Å². The van der Waals surface area contributed by atoms with Crippen molar-refractivity contribution in [1.29, 1.82) is 0 Å². The monoisotopic (exact) mass is 330 g/mol. The van der Waals surface area contributed by atoms with Crippen LogP contribution in [0.2, 0.25) is 0 Å². The van der Waals surface area contributed by atoms with Crippen molar-refractivity contribution in [3.8, 4) is 0 Å². The van der Waals surface area contributed by atoms with Gasteiger partial charge in [0.15, 0.2) is 0 Å². The summed E-state index contributed by atoms with van der Waals surface area (Å²) in [5.74, 6) is -0.749. The number of rotatable bonds is 7. The molecule has 0 aliphatic heterocycles. The average Bonchev–Trinajstić information content (AvgIpc) is 2.42. The van der Waals surface area contributed by atoms with E-state index in [2.05, 4.69) is 26.7 Å². The second kappa shape index (κ2) is 8.63. The fourth-order valence-corrected chi connectivity index (χ4v) is 1.42. The summed E-state index contributed by atoms with van der Waals surface area (Å²) in [6.07, 6.45) is 0. The van der Waals surface area contributed by atoms with Gasteiger partial charge in [-0.2, -0.15) is 0 Å². The van der Waals surface area contributed by atoms with E-state index >= 15 is 0 Å². The quantitative estimate of drug-likeness (QED) is 0.574. The fourth-order valence-electron chi connectivity index (χ4n) is 1.16. The van der Waals surface area contributed by atoms with Gasteiger partial charge in [-0.3, -0.25) is 14.4 Å². The third-order valence-corrected chi connectivity index (χ3v) is 2.62. The first kappa shape index (κ1) is 15.6. The standard InChI is InChI=1S/C12H15BrN2O4/c1-18-6-7-19-15-11(16)8-14-12(17)9-2-4-10(13)5-3-9/h2-5H,6-8H2,1H3,(H,14,17)(H,15,16). The molecule has 19 heavy (non-hydrogen) atoms. The number of hydrogen-bond acceptors (Lipinski definition) is 4. The van der Waals surface area contributed by atoms with Crippen LogP contribution in [0.15, 0.2) is 28.7 Å². The van der Waals surface area contributed by atoms with Crippen molar-refractivity contribution in [3.05, 3.63) is 34.3 Å². The molecule has 0 heterocycles. The minimum Gasteiger partial charge on any atom is -0.382 e. The number of carbonyl (C=O) groups is 2. The number of nitrogens with one attached hydrogen (secondary N) is 2. The molecule has 0 saturated carbocycles. The summed E-state index contributed by atoms with van der Waals surface area (Å²) < 4.78 is 5.62. The lowest BCUT2D eigenvalue weighted by atomic mass is 10.2. The van der Waals surface area contributed by atoms with Gasteiger partial charge in [-0.1, -0.05) is 15.9 Å². The van der Waals surface area contributed by atoms with Crippen molar-refractivity contribution >= 4 is 27.7 Å².